The number of nitriles is 1. The molecule has 4 heteroatoms. The van der Waals surface area contributed by atoms with Crippen LogP contribution in [0.1, 0.15) is 11.1 Å². The summed E-state index contributed by atoms with van der Waals surface area (Å²) < 4.78 is 0.717. The number of benzene rings is 1. The Labute approximate surface area is 83.7 Å². The van der Waals surface area contributed by atoms with E-state index in [0.29, 0.717) is 15.6 Å². The van der Waals surface area contributed by atoms with Crippen LogP contribution in [0.5, 0.6) is 0 Å². The third-order valence-electron chi connectivity index (χ3n) is 1.52. The molecule has 0 aliphatic heterocycles. The van der Waals surface area contributed by atoms with E-state index in [1.165, 1.54) is 0 Å². The maximum absolute atomic E-state index is 10.4. The molecular formula is C9H6BrNO2. The van der Waals surface area contributed by atoms with Crippen molar-refractivity contribution in [1.82, 2.24) is 0 Å². The van der Waals surface area contributed by atoms with Gasteiger partial charge in [0, 0.05) is 4.47 Å². The predicted molar refractivity (Wildman–Crippen MR) is 50.2 cm³/mol. The van der Waals surface area contributed by atoms with E-state index < -0.39 is 5.97 Å². The third kappa shape index (κ3) is 2.56. The quantitative estimate of drug-likeness (QED) is 0.859. The Bertz CT molecular complexity index is 382. The normalized spacial score (nSPS) is 9.23. The molecule has 0 aliphatic carbocycles. The Morgan fingerprint density at radius 3 is 2.85 bits per heavy atom. The van der Waals surface area contributed by atoms with Crippen molar-refractivity contribution in [3.63, 3.8) is 0 Å². The van der Waals surface area contributed by atoms with Gasteiger partial charge in [0.25, 0.3) is 0 Å². The van der Waals surface area contributed by atoms with Crippen molar-refractivity contribution in [3.8, 4) is 6.07 Å². The number of carboxylic acids is 1. The van der Waals surface area contributed by atoms with E-state index in [0.717, 1.165) is 0 Å². The second-order valence-electron chi connectivity index (χ2n) is 2.49. The molecule has 1 aromatic rings. The van der Waals surface area contributed by atoms with Crippen LogP contribution in [-0.4, -0.2) is 11.1 Å². The first-order valence-corrected chi connectivity index (χ1v) is 4.33. The minimum absolute atomic E-state index is 0.0733. The van der Waals surface area contributed by atoms with Crippen molar-refractivity contribution in [1.29, 1.82) is 5.26 Å². The Balaban J connectivity index is 3.05. The van der Waals surface area contributed by atoms with Crippen LogP contribution in [0.25, 0.3) is 0 Å². The molecule has 0 saturated carbocycles. The van der Waals surface area contributed by atoms with E-state index in [1.807, 2.05) is 6.07 Å². The maximum atomic E-state index is 10.4. The van der Waals surface area contributed by atoms with Crippen LogP contribution >= 0.6 is 15.9 Å². The highest BCUT2D eigenvalue weighted by molar-refractivity contribution is 9.10. The van der Waals surface area contributed by atoms with Gasteiger partial charge in [0.15, 0.2) is 0 Å². The molecule has 0 aromatic heterocycles. The lowest BCUT2D eigenvalue weighted by atomic mass is 10.1. The molecule has 0 amide bonds. The summed E-state index contributed by atoms with van der Waals surface area (Å²) in [5.41, 5.74) is 1.09. The zero-order valence-corrected chi connectivity index (χ0v) is 8.21. The molecule has 13 heavy (non-hydrogen) atoms. The average Bonchev–Trinajstić information content (AvgIpc) is 2.08. The van der Waals surface area contributed by atoms with Crippen molar-refractivity contribution >= 4 is 21.9 Å². The Kier molecular flexibility index (Phi) is 3.04. The number of hydrogen-bond acceptors (Lipinski definition) is 2. The van der Waals surface area contributed by atoms with Gasteiger partial charge in [-0.1, -0.05) is 15.9 Å². The topological polar surface area (TPSA) is 61.1 Å². The van der Waals surface area contributed by atoms with Gasteiger partial charge in [-0.05, 0) is 23.8 Å². The molecule has 0 spiro atoms. The standard InChI is InChI=1S/C9H6BrNO2/c10-8-2-1-6(5-11)3-7(8)4-9(12)13/h1-3H,4H2,(H,12,13). The van der Waals surface area contributed by atoms with Crippen molar-refractivity contribution in [2.45, 2.75) is 6.42 Å². The summed E-state index contributed by atoms with van der Waals surface area (Å²) in [4.78, 5) is 10.4. The molecular weight excluding hydrogens is 234 g/mol. The summed E-state index contributed by atoms with van der Waals surface area (Å²) in [6.45, 7) is 0. The summed E-state index contributed by atoms with van der Waals surface area (Å²) >= 11 is 3.22. The summed E-state index contributed by atoms with van der Waals surface area (Å²) in [7, 11) is 0. The maximum Gasteiger partial charge on any atom is 0.307 e. The van der Waals surface area contributed by atoms with Gasteiger partial charge in [-0.15, -0.1) is 0 Å². The molecule has 0 unspecified atom stereocenters. The lowest BCUT2D eigenvalue weighted by molar-refractivity contribution is -0.136. The van der Waals surface area contributed by atoms with Gasteiger partial charge in [-0.2, -0.15) is 5.26 Å². The number of carbonyl (C=O) groups is 1. The fraction of sp³-hybridized carbons (Fsp3) is 0.111. The van der Waals surface area contributed by atoms with Gasteiger partial charge < -0.3 is 5.11 Å². The highest BCUT2D eigenvalue weighted by Gasteiger charge is 2.05. The van der Waals surface area contributed by atoms with Gasteiger partial charge in [0.05, 0.1) is 18.1 Å². The molecule has 0 fully saturated rings. The zero-order valence-electron chi connectivity index (χ0n) is 6.62. The number of rotatable bonds is 2. The molecule has 66 valence electrons. The Morgan fingerprint density at radius 1 is 1.62 bits per heavy atom. The van der Waals surface area contributed by atoms with Crippen LogP contribution in [0, 0.1) is 11.3 Å². The molecule has 0 atom stereocenters. The first-order chi connectivity index (χ1) is 6.13. The van der Waals surface area contributed by atoms with Crippen LogP contribution in [0.2, 0.25) is 0 Å². The molecule has 1 N–H and O–H groups in total. The van der Waals surface area contributed by atoms with E-state index in [9.17, 15) is 4.79 Å². The van der Waals surface area contributed by atoms with Crippen LogP contribution < -0.4 is 0 Å². The number of aliphatic carboxylic acids is 1. The van der Waals surface area contributed by atoms with E-state index in [-0.39, 0.29) is 6.42 Å². The minimum atomic E-state index is -0.907. The largest absolute Gasteiger partial charge is 0.481 e. The second-order valence-corrected chi connectivity index (χ2v) is 3.34. The van der Waals surface area contributed by atoms with E-state index in [2.05, 4.69) is 15.9 Å². The van der Waals surface area contributed by atoms with Crippen LogP contribution in [0.3, 0.4) is 0 Å². The fourth-order valence-corrected chi connectivity index (χ4v) is 1.33. The molecule has 0 heterocycles. The highest BCUT2D eigenvalue weighted by Crippen LogP contribution is 2.18. The summed E-state index contributed by atoms with van der Waals surface area (Å²) in [5, 5.41) is 17.1. The van der Waals surface area contributed by atoms with E-state index in [4.69, 9.17) is 10.4 Å². The molecule has 0 aliphatic rings. The number of nitrogens with zero attached hydrogens (tertiary/aromatic N) is 1. The zero-order chi connectivity index (χ0) is 9.84. The molecule has 1 rings (SSSR count). The lowest BCUT2D eigenvalue weighted by Gasteiger charge is -2.00. The smallest absolute Gasteiger partial charge is 0.307 e. The summed E-state index contributed by atoms with van der Waals surface area (Å²) in [6.07, 6.45) is -0.0733. The molecule has 0 bridgehead atoms. The Morgan fingerprint density at radius 2 is 2.31 bits per heavy atom. The van der Waals surface area contributed by atoms with Crippen molar-refractivity contribution < 1.29 is 9.90 Å². The highest BCUT2D eigenvalue weighted by atomic mass is 79.9. The van der Waals surface area contributed by atoms with Gasteiger partial charge >= 0.3 is 5.97 Å². The number of halogens is 1. The van der Waals surface area contributed by atoms with E-state index in [1.54, 1.807) is 18.2 Å². The van der Waals surface area contributed by atoms with Crippen LogP contribution in [0.4, 0.5) is 0 Å². The summed E-state index contributed by atoms with van der Waals surface area (Å²) in [6, 6.07) is 6.83. The van der Waals surface area contributed by atoms with Gasteiger partial charge in [0.1, 0.15) is 0 Å². The number of carboxylic acid groups (broad SMARTS) is 1. The van der Waals surface area contributed by atoms with Crippen molar-refractivity contribution in [3.05, 3.63) is 33.8 Å². The van der Waals surface area contributed by atoms with E-state index >= 15 is 0 Å². The molecule has 1 aromatic carbocycles. The number of hydrogen-bond donors (Lipinski definition) is 1. The van der Waals surface area contributed by atoms with Crippen LogP contribution in [-0.2, 0) is 11.2 Å². The first-order valence-electron chi connectivity index (χ1n) is 3.54. The Hall–Kier alpha value is -1.34. The predicted octanol–water partition coefficient (Wildman–Crippen LogP) is 1.95. The lowest BCUT2D eigenvalue weighted by Crippen LogP contribution is -2.01. The minimum Gasteiger partial charge on any atom is -0.481 e. The average molecular weight is 240 g/mol. The molecule has 3 nitrogen and oxygen atoms in total. The van der Waals surface area contributed by atoms with Crippen molar-refractivity contribution in [2.75, 3.05) is 0 Å². The fourth-order valence-electron chi connectivity index (χ4n) is 0.943. The SMILES string of the molecule is N#Cc1ccc(Br)c(CC(=O)O)c1. The van der Waals surface area contributed by atoms with Crippen LogP contribution in [0.15, 0.2) is 22.7 Å². The monoisotopic (exact) mass is 239 g/mol. The molecule has 0 radical (unpaired) electrons. The third-order valence-corrected chi connectivity index (χ3v) is 2.29. The van der Waals surface area contributed by atoms with Gasteiger partial charge in [-0.25, -0.2) is 0 Å². The molecule has 0 saturated heterocycles. The first kappa shape index (κ1) is 9.75. The summed E-state index contributed by atoms with van der Waals surface area (Å²) in [5.74, 6) is -0.907. The van der Waals surface area contributed by atoms with Crippen molar-refractivity contribution in [2.24, 2.45) is 0 Å². The van der Waals surface area contributed by atoms with Gasteiger partial charge in [-0.3, -0.25) is 4.79 Å². The van der Waals surface area contributed by atoms with Gasteiger partial charge in [0.2, 0.25) is 0 Å². The second kappa shape index (κ2) is 4.06.